The van der Waals surface area contributed by atoms with Gasteiger partial charge < -0.3 is 16.0 Å². The number of carbonyl (C=O) groups excluding carboxylic acids is 2. The Labute approximate surface area is 203 Å². The molecule has 0 radical (unpaired) electrons. The van der Waals surface area contributed by atoms with Crippen molar-refractivity contribution in [2.45, 2.75) is 20.3 Å². The first-order chi connectivity index (χ1) is 16.9. The third-order valence-electron chi connectivity index (χ3n) is 4.90. The van der Waals surface area contributed by atoms with Gasteiger partial charge in [-0.3, -0.25) is 9.59 Å². The SMILES string of the molecule is C=CC(=O)NC(C)=CCC=C(C)C(=O)c1ccc(Nc2nc(Nc3ccccc3)ncc2F)cc1. The van der Waals surface area contributed by atoms with Crippen LogP contribution in [0.15, 0.2) is 96.9 Å². The molecular weight excluding hydrogens is 445 g/mol. The highest BCUT2D eigenvalue weighted by molar-refractivity contribution is 6.08. The van der Waals surface area contributed by atoms with Crippen molar-refractivity contribution < 1.29 is 14.0 Å². The molecule has 0 saturated carbocycles. The fourth-order valence-corrected chi connectivity index (χ4v) is 3.04. The van der Waals surface area contributed by atoms with Crippen LogP contribution >= 0.6 is 0 Å². The van der Waals surface area contributed by atoms with Crippen LogP contribution in [0.1, 0.15) is 30.6 Å². The minimum Gasteiger partial charge on any atom is -0.338 e. The van der Waals surface area contributed by atoms with E-state index in [2.05, 4.69) is 32.5 Å². The third kappa shape index (κ3) is 7.46. The van der Waals surface area contributed by atoms with Gasteiger partial charge in [-0.05, 0) is 68.3 Å². The molecule has 2 aromatic carbocycles. The van der Waals surface area contributed by atoms with Crippen molar-refractivity contribution in [2.24, 2.45) is 0 Å². The zero-order chi connectivity index (χ0) is 25.2. The fraction of sp³-hybridized carbons (Fsp3) is 0.111. The summed E-state index contributed by atoms with van der Waals surface area (Å²) in [5.74, 6) is -0.745. The highest BCUT2D eigenvalue weighted by atomic mass is 19.1. The van der Waals surface area contributed by atoms with Gasteiger partial charge in [-0.1, -0.05) is 36.9 Å². The maximum Gasteiger partial charge on any atom is 0.247 e. The van der Waals surface area contributed by atoms with Crippen molar-refractivity contribution in [3.05, 3.63) is 108 Å². The number of carbonyl (C=O) groups is 2. The van der Waals surface area contributed by atoms with E-state index in [1.54, 1.807) is 44.2 Å². The molecule has 178 valence electrons. The topological polar surface area (TPSA) is 96.0 Å². The number of nitrogens with zero attached hydrogens (tertiary/aromatic N) is 2. The lowest BCUT2D eigenvalue weighted by Crippen LogP contribution is -2.18. The number of allylic oxidation sites excluding steroid dienone is 4. The number of para-hydroxylation sites is 1. The van der Waals surface area contributed by atoms with Gasteiger partial charge in [-0.15, -0.1) is 0 Å². The zero-order valence-electron chi connectivity index (χ0n) is 19.5. The van der Waals surface area contributed by atoms with E-state index in [9.17, 15) is 14.0 Å². The molecule has 1 heterocycles. The molecule has 1 aromatic heterocycles. The molecule has 1 amide bonds. The van der Waals surface area contributed by atoms with E-state index >= 15 is 0 Å². The molecule has 3 N–H and O–H groups in total. The van der Waals surface area contributed by atoms with Gasteiger partial charge in [0.1, 0.15) is 0 Å². The molecule has 7 nitrogen and oxygen atoms in total. The Morgan fingerprint density at radius 2 is 1.66 bits per heavy atom. The number of rotatable bonds is 10. The van der Waals surface area contributed by atoms with Crippen LogP contribution in [0, 0.1) is 5.82 Å². The van der Waals surface area contributed by atoms with E-state index < -0.39 is 5.82 Å². The predicted molar refractivity (Wildman–Crippen MR) is 136 cm³/mol. The Balaban J connectivity index is 1.64. The van der Waals surface area contributed by atoms with Gasteiger partial charge in [0, 0.05) is 22.6 Å². The Morgan fingerprint density at radius 3 is 2.34 bits per heavy atom. The normalized spacial score (nSPS) is 11.5. The Hall–Kier alpha value is -4.59. The van der Waals surface area contributed by atoms with Crippen LogP contribution in [0.2, 0.25) is 0 Å². The first-order valence-electron chi connectivity index (χ1n) is 10.9. The number of Topliss-reactive ketones (excluding diaryl/α,β-unsaturated/α-hetero) is 1. The van der Waals surface area contributed by atoms with Gasteiger partial charge in [0.25, 0.3) is 0 Å². The van der Waals surface area contributed by atoms with Gasteiger partial charge in [0.05, 0.1) is 6.20 Å². The summed E-state index contributed by atoms with van der Waals surface area (Å²) in [6.07, 6.45) is 6.37. The number of aromatic nitrogens is 2. The van der Waals surface area contributed by atoms with Gasteiger partial charge in [-0.2, -0.15) is 4.98 Å². The number of halogens is 1. The molecule has 3 aromatic rings. The van der Waals surface area contributed by atoms with Crippen LogP contribution in [-0.4, -0.2) is 21.7 Å². The first-order valence-corrected chi connectivity index (χ1v) is 10.9. The number of ketones is 1. The number of benzene rings is 2. The van der Waals surface area contributed by atoms with E-state index in [1.807, 2.05) is 36.4 Å². The summed E-state index contributed by atoms with van der Waals surface area (Å²) in [4.78, 5) is 32.2. The average Bonchev–Trinajstić information content (AvgIpc) is 2.86. The van der Waals surface area contributed by atoms with E-state index in [-0.39, 0.29) is 23.5 Å². The number of nitrogens with one attached hydrogen (secondary N) is 3. The number of hydrogen-bond acceptors (Lipinski definition) is 6. The van der Waals surface area contributed by atoms with E-state index in [0.29, 0.717) is 28.9 Å². The minimum atomic E-state index is -0.602. The average molecular weight is 472 g/mol. The van der Waals surface area contributed by atoms with Crippen LogP contribution in [-0.2, 0) is 4.79 Å². The maximum absolute atomic E-state index is 14.3. The molecule has 0 fully saturated rings. The lowest BCUT2D eigenvalue weighted by molar-refractivity contribution is -0.115. The molecule has 0 spiro atoms. The van der Waals surface area contributed by atoms with E-state index in [0.717, 1.165) is 11.9 Å². The monoisotopic (exact) mass is 471 g/mol. The summed E-state index contributed by atoms with van der Waals surface area (Å²) >= 11 is 0. The highest BCUT2D eigenvalue weighted by Gasteiger charge is 2.10. The van der Waals surface area contributed by atoms with Crippen molar-refractivity contribution in [3.63, 3.8) is 0 Å². The summed E-state index contributed by atoms with van der Waals surface area (Å²) < 4.78 is 14.3. The Bertz CT molecular complexity index is 1270. The summed E-state index contributed by atoms with van der Waals surface area (Å²) in [7, 11) is 0. The standard InChI is InChI=1S/C27H26FN5O2/c1-4-24(34)30-19(3)10-8-9-18(2)25(35)20-13-15-22(16-14-20)31-26-23(28)17-29-27(33-26)32-21-11-6-5-7-12-21/h4-7,9-17H,1,8H2,2-3H3,(H,30,34)(H2,29,31,32,33). The Kier molecular flexibility index (Phi) is 8.61. The quantitative estimate of drug-likeness (QED) is 0.254. The van der Waals surface area contributed by atoms with Crippen molar-refractivity contribution in [1.82, 2.24) is 15.3 Å². The van der Waals surface area contributed by atoms with Crippen molar-refractivity contribution in [3.8, 4) is 0 Å². The third-order valence-corrected chi connectivity index (χ3v) is 4.90. The summed E-state index contributed by atoms with van der Waals surface area (Å²) in [5, 5.41) is 8.59. The smallest absolute Gasteiger partial charge is 0.247 e. The van der Waals surface area contributed by atoms with Crippen molar-refractivity contribution in [2.75, 3.05) is 10.6 Å². The molecule has 35 heavy (non-hydrogen) atoms. The summed E-state index contributed by atoms with van der Waals surface area (Å²) in [6, 6.07) is 16.0. The molecule has 8 heteroatoms. The van der Waals surface area contributed by atoms with Crippen LogP contribution in [0.3, 0.4) is 0 Å². The van der Waals surface area contributed by atoms with Crippen molar-refractivity contribution >= 4 is 34.8 Å². The molecule has 0 unspecified atom stereocenters. The zero-order valence-corrected chi connectivity index (χ0v) is 19.5. The molecule has 0 atom stereocenters. The number of hydrogen-bond donors (Lipinski definition) is 3. The van der Waals surface area contributed by atoms with Crippen LogP contribution < -0.4 is 16.0 Å². The Morgan fingerprint density at radius 1 is 0.971 bits per heavy atom. The summed E-state index contributed by atoms with van der Waals surface area (Å²) in [5.41, 5.74) is 3.11. The molecule has 0 aliphatic carbocycles. The molecule has 3 rings (SSSR count). The van der Waals surface area contributed by atoms with Gasteiger partial charge >= 0.3 is 0 Å². The largest absolute Gasteiger partial charge is 0.338 e. The van der Waals surface area contributed by atoms with Crippen molar-refractivity contribution in [1.29, 1.82) is 0 Å². The predicted octanol–water partition coefficient (Wildman–Crippen LogP) is 5.83. The lowest BCUT2D eigenvalue weighted by Gasteiger charge is -2.10. The first kappa shape index (κ1) is 25.0. The molecule has 0 aliphatic heterocycles. The van der Waals surface area contributed by atoms with Crippen LogP contribution in [0.5, 0.6) is 0 Å². The van der Waals surface area contributed by atoms with Crippen LogP contribution in [0.4, 0.5) is 27.5 Å². The molecule has 0 aliphatic rings. The van der Waals surface area contributed by atoms with Gasteiger partial charge in [0.15, 0.2) is 17.4 Å². The second-order valence-electron chi connectivity index (χ2n) is 7.62. The molecular formula is C27H26FN5O2. The second-order valence-corrected chi connectivity index (χ2v) is 7.62. The fourth-order valence-electron chi connectivity index (χ4n) is 3.04. The van der Waals surface area contributed by atoms with Crippen LogP contribution in [0.25, 0.3) is 0 Å². The maximum atomic E-state index is 14.3. The highest BCUT2D eigenvalue weighted by Crippen LogP contribution is 2.21. The lowest BCUT2D eigenvalue weighted by atomic mass is 10.0. The molecule has 0 saturated heterocycles. The minimum absolute atomic E-state index is 0.0132. The van der Waals surface area contributed by atoms with E-state index in [1.165, 1.54) is 6.08 Å². The van der Waals surface area contributed by atoms with Gasteiger partial charge in [-0.25, -0.2) is 9.37 Å². The number of amides is 1. The second kappa shape index (κ2) is 12.0. The molecule has 0 bridgehead atoms. The number of anilines is 4. The van der Waals surface area contributed by atoms with E-state index in [4.69, 9.17) is 0 Å². The summed E-state index contributed by atoms with van der Waals surface area (Å²) in [6.45, 7) is 6.90. The van der Waals surface area contributed by atoms with Gasteiger partial charge in [0.2, 0.25) is 11.9 Å².